The van der Waals surface area contributed by atoms with Crippen LogP contribution in [0.1, 0.15) is 66.1 Å². The van der Waals surface area contributed by atoms with E-state index in [4.69, 9.17) is 4.52 Å². The van der Waals surface area contributed by atoms with E-state index in [9.17, 15) is 4.79 Å². The molecule has 2 aromatic heterocycles. The Bertz CT molecular complexity index is 682. The van der Waals surface area contributed by atoms with Gasteiger partial charge in [0.1, 0.15) is 10.8 Å². The summed E-state index contributed by atoms with van der Waals surface area (Å²) >= 11 is 1.57. The number of aryl methyl sites for hydroxylation is 1. The molecule has 0 saturated carbocycles. The highest BCUT2D eigenvalue weighted by atomic mass is 32.1. The van der Waals surface area contributed by atoms with Gasteiger partial charge in [0.15, 0.2) is 5.69 Å². The van der Waals surface area contributed by atoms with Crippen molar-refractivity contribution in [2.24, 2.45) is 0 Å². The number of thiazole rings is 1. The first-order chi connectivity index (χ1) is 10.4. The standard InChI is InChI=1S/C16H21N3O2S/c1-16(2,3)12-9-22-13(18-12)8-17-15(20)14-10-6-4-5-7-11(10)21-19-14/h9H,4-8H2,1-3H3,(H,17,20). The Labute approximate surface area is 134 Å². The number of amides is 1. The Hall–Kier alpha value is -1.69. The highest BCUT2D eigenvalue weighted by Crippen LogP contribution is 2.25. The molecule has 0 bridgehead atoms. The molecule has 1 amide bonds. The third-order valence-corrected chi connectivity index (χ3v) is 4.73. The average Bonchev–Trinajstić information content (AvgIpc) is 3.11. The van der Waals surface area contributed by atoms with E-state index in [0.717, 1.165) is 47.7 Å². The van der Waals surface area contributed by atoms with Crippen molar-refractivity contribution < 1.29 is 9.32 Å². The van der Waals surface area contributed by atoms with Gasteiger partial charge in [0.05, 0.1) is 12.2 Å². The number of carbonyl (C=O) groups excluding carboxylic acids is 1. The largest absolute Gasteiger partial charge is 0.360 e. The van der Waals surface area contributed by atoms with E-state index >= 15 is 0 Å². The van der Waals surface area contributed by atoms with Gasteiger partial charge in [-0.2, -0.15) is 0 Å². The number of aromatic nitrogens is 2. The van der Waals surface area contributed by atoms with E-state index in [1.54, 1.807) is 11.3 Å². The Morgan fingerprint density at radius 1 is 1.36 bits per heavy atom. The molecule has 1 N–H and O–H groups in total. The highest BCUT2D eigenvalue weighted by molar-refractivity contribution is 7.09. The van der Waals surface area contributed by atoms with Crippen molar-refractivity contribution >= 4 is 17.2 Å². The molecule has 0 fully saturated rings. The lowest BCUT2D eigenvalue weighted by Gasteiger charge is -2.14. The summed E-state index contributed by atoms with van der Waals surface area (Å²) < 4.78 is 5.29. The van der Waals surface area contributed by atoms with Crippen LogP contribution in [0.3, 0.4) is 0 Å². The minimum atomic E-state index is -0.167. The molecular formula is C16H21N3O2S. The normalized spacial score (nSPS) is 14.7. The van der Waals surface area contributed by atoms with Crippen molar-refractivity contribution in [2.45, 2.75) is 58.4 Å². The molecule has 0 unspecified atom stereocenters. The zero-order chi connectivity index (χ0) is 15.7. The van der Waals surface area contributed by atoms with Gasteiger partial charge in [0.25, 0.3) is 5.91 Å². The number of hydrogen-bond donors (Lipinski definition) is 1. The lowest BCUT2D eigenvalue weighted by Crippen LogP contribution is -2.24. The summed E-state index contributed by atoms with van der Waals surface area (Å²) in [6, 6.07) is 0. The number of fused-ring (bicyclic) bond motifs is 1. The first kappa shape index (κ1) is 15.2. The van der Waals surface area contributed by atoms with Crippen molar-refractivity contribution in [1.82, 2.24) is 15.5 Å². The molecule has 6 heteroatoms. The van der Waals surface area contributed by atoms with Gasteiger partial charge < -0.3 is 9.84 Å². The summed E-state index contributed by atoms with van der Waals surface area (Å²) in [5.41, 5.74) is 2.52. The fraction of sp³-hybridized carbons (Fsp3) is 0.562. The molecular weight excluding hydrogens is 298 g/mol. The maximum atomic E-state index is 12.3. The van der Waals surface area contributed by atoms with Gasteiger partial charge >= 0.3 is 0 Å². The van der Waals surface area contributed by atoms with Crippen LogP contribution in [0, 0.1) is 0 Å². The van der Waals surface area contributed by atoms with Gasteiger partial charge in [0.2, 0.25) is 0 Å². The second-order valence-electron chi connectivity index (χ2n) is 6.70. The summed E-state index contributed by atoms with van der Waals surface area (Å²) in [6.45, 7) is 6.82. The van der Waals surface area contributed by atoms with Crippen molar-refractivity contribution in [1.29, 1.82) is 0 Å². The summed E-state index contributed by atoms with van der Waals surface area (Å²) in [7, 11) is 0. The molecule has 0 aromatic carbocycles. The minimum absolute atomic E-state index is 0.0317. The van der Waals surface area contributed by atoms with Gasteiger partial charge in [-0.1, -0.05) is 25.9 Å². The van der Waals surface area contributed by atoms with E-state index in [2.05, 4.69) is 41.6 Å². The molecule has 118 valence electrons. The fourth-order valence-corrected chi connectivity index (χ4v) is 3.50. The van der Waals surface area contributed by atoms with Crippen LogP contribution < -0.4 is 5.32 Å². The van der Waals surface area contributed by atoms with Crippen LogP contribution >= 0.6 is 11.3 Å². The molecule has 22 heavy (non-hydrogen) atoms. The summed E-state index contributed by atoms with van der Waals surface area (Å²) in [5.74, 6) is 0.708. The van der Waals surface area contributed by atoms with Crippen LogP contribution in [-0.2, 0) is 24.8 Å². The number of carbonyl (C=O) groups is 1. The third kappa shape index (κ3) is 3.06. The van der Waals surface area contributed by atoms with Crippen molar-refractivity contribution in [3.05, 3.63) is 33.1 Å². The van der Waals surface area contributed by atoms with Crippen LogP contribution in [-0.4, -0.2) is 16.0 Å². The average molecular weight is 319 g/mol. The molecule has 2 heterocycles. The number of rotatable bonds is 3. The van der Waals surface area contributed by atoms with Crippen molar-refractivity contribution in [2.75, 3.05) is 0 Å². The van der Waals surface area contributed by atoms with Crippen LogP contribution in [0.15, 0.2) is 9.90 Å². The minimum Gasteiger partial charge on any atom is -0.360 e. The van der Waals surface area contributed by atoms with Gasteiger partial charge in [-0.25, -0.2) is 4.98 Å². The van der Waals surface area contributed by atoms with Gasteiger partial charge in [0, 0.05) is 22.8 Å². The van der Waals surface area contributed by atoms with Crippen LogP contribution in [0.4, 0.5) is 0 Å². The molecule has 0 atom stereocenters. The Morgan fingerprint density at radius 2 is 2.14 bits per heavy atom. The predicted molar refractivity (Wildman–Crippen MR) is 85.1 cm³/mol. The molecule has 1 aliphatic rings. The highest BCUT2D eigenvalue weighted by Gasteiger charge is 2.24. The SMILES string of the molecule is CC(C)(C)c1csc(CNC(=O)c2noc3c2CCCC3)n1. The van der Waals surface area contributed by atoms with E-state index in [0.29, 0.717) is 12.2 Å². The molecule has 0 spiro atoms. The zero-order valence-corrected chi connectivity index (χ0v) is 14.0. The molecule has 2 aromatic rings. The fourth-order valence-electron chi connectivity index (χ4n) is 2.54. The summed E-state index contributed by atoms with van der Waals surface area (Å²) in [6.07, 6.45) is 3.97. The molecule has 0 radical (unpaired) electrons. The van der Waals surface area contributed by atoms with E-state index in [1.165, 1.54) is 0 Å². The number of nitrogens with zero attached hydrogens (tertiary/aromatic N) is 2. The van der Waals surface area contributed by atoms with Crippen LogP contribution in [0.5, 0.6) is 0 Å². The van der Waals surface area contributed by atoms with E-state index in [-0.39, 0.29) is 11.3 Å². The molecule has 0 aliphatic heterocycles. The second-order valence-corrected chi connectivity index (χ2v) is 7.64. The smallest absolute Gasteiger partial charge is 0.274 e. The Kier molecular flexibility index (Phi) is 4.04. The quantitative estimate of drug-likeness (QED) is 0.943. The van der Waals surface area contributed by atoms with Gasteiger partial charge in [-0.3, -0.25) is 4.79 Å². The van der Waals surface area contributed by atoms with E-state index < -0.39 is 0 Å². The predicted octanol–water partition coefficient (Wildman–Crippen LogP) is 3.24. The number of nitrogens with one attached hydrogen (secondary N) is 1. The summed E-state index contributed by atoms with van der Waals surface area (Å²) in [4.78, 5) is 16.9. The first-order valence-electron chi connectivity index (χ1n) is 7.65. The Balaban J connectivity index is 1.65. The van der Waals surface area contributed by atoms with Crippen LogP contribution in [0.2, 0.25) is 0 Å². The lowest BCUT2D eigenvalue weighted by molar-refractivity contribution is 0.0941. The summed E-state index contributed by atoms with van der Waals surface area (Å²) in [5, 5.41) is 9.82. The zero-order valence-electron chi connectivity index (χ0n) is 13.2. The van der Waals surface area contributed by atoms with Crippen LogP contribution in [0.25, 0.3) is 0 Å². The first-order valence-corrected chi connectivity index (χ1v) is 8.53. The molecule has 3 rings (SSSR count). The van der Waals surface area contributed by atoms with E-state index in [1.807, 2.05) is 0 Å². The number of hydrogen-bond acceptors (Lipinski definition) is 5. The third-order valence-electron chi connectivity index (χ3n) is 3.89. The van der Waals surface area contributed by atoms with Crippen molar-refractivity contribution in [3.63, 3.8) is 0 Å². The molecule has 5 nitrogen and oxygen atoms in total. The van der Waals surface area contributed by atoms with Crippen molar-refractivity contribution in [3.8, 4) is 0 Å². The maximum Gasteiger partial charge on any atom is 0.274 e. The Morgan fingerprint density at radius 3 is 2.86 bits per heavy atom. The van der Waals surface area contributed by atoms with Gasteiger partial charge in [-0.05, 0) is 19.3 Å². The second kappa shape index (κ2) is 5.83. The van der Waals surface area contributed by atoms with Gasteiger partial charge in [-0.15, -0.1) is 11.3 Å². The maximum absolute atomic E-state index is 12.3. The topological polar surface area (TPSA) is 68.0 Å². The monoisotopic (exact) mass is 319 g/mol. The molecule has 0 saturated heterocycles. The lowest BCUT2D eigenvalue weighted by atomic mass is 9.93. The molecule has 1 aliphatic carbocycles.